The van der Waals surface area contributed by atoms with E-state index in [-0.39, 0.29) is 43.4 Å². The molecule has 0 spiro atoms. The van der Waals surface area contributed by atoms with Crippen LogP contribution in [0.25, 0.3) is 0 Å². The van der Waals surface area contributed by atoms with Gasteiger partial charge in [0.15, 0.2) is 0 Å². The predicted molar refractivity (Wildman–Crippen MR) is 355 cm³/mol. The molecule has 0 aliphatic heterocycles. The van der Waals surface area contributed by atoms with Crippen LogP contribution in [0.15, 0.2) is 164 Å². The summed E-state index contributed by atoms with van der Waals surface area (Å²) in [4.78, 5) is 91.4. The van der Waals surface area contributed by atoms with Crippen molar-refractivity contribution in [3.8, 4) is 28.7 Å². The van der Waals surface area contributed by atoms with Gasteiger partial charge in [-0.25, -0.2) is 9.59 Å². The fourth-order valence-electron chi connectivity index (χ4n) is 9.41. The second-order valence-electron chi connectivity index (χ2n) is 23.2. The molecule has 0 aromatic heterocycles. The van der Waals surface area contributed by atoms with E-state index in [9.17, 15) is 38.7 Å². The Morgan fingerprint density at radius 3 is 1.35 bits per heavy atom. The summed E-state index contributed by atoms with van der Waals surface area (Å²) in [7, 11) is 1.58. The second kappa shape index (κ2) is 36.6. The number of aliphatic carboxylic acids is 1. The van der Waals surface area contributed by atoms with E-state index in [1.165, 1.54) is 60.5 Å². The molecule has 7 rings (SSSR count). The number of hydrogen-bond donors (Lipinski definition) is 3. The number of amides is 3. The number of carbonyl (C=O) groups excluding carboxylic acids is 6. The number of anilines is 2. The number of benzene rings is 7. The van der Waals surface area contributed by atoms with E-state index >= 15 is 0 Å². The highest BCUT2D eigenvalue weighted by Gasteiger charge is 2.25. The maximum Gasteiger partial charge on any atom is 0.343 e. The van der Waals surface area contributed by atoms with Crippen LogP contribution >= 0.6 is 0 Å². The number of nitrogens with two attached hydrogens (primary N) is 1. The average molecular weight is 1260 g/mol. The molecule has 0 aliphatic rings. The third-order valence-corrected chi connectivity index (χ3v) is 14.3. The standard InChI is InChI=1S/C40H44N2O8.C34H42N2O6/c1-4-5-6-7-8-23-49-34-21-15-32(16-22-34)40(47)50-35-19-11-29(12-20-35)26-42(27-38(44)45)39(46)31-13-17-33(18-14-31)41-37(43)25-30-10-9-28(2)36(24-30)48-3;1-5-6-7-8-9-22-40-29-20-14-27(15-21-29)33(39)41-30-18-10-25(11-19-30)23-36(24-31(37)42-34(2,3)4)32(38)26-12-16-28(35)17-13-26/h9-22,24H,4-8,23,25-27H2,1-3H3,(H,41,43)(H,44,45);10-21H,5-9,22-24,35H2,1-4H3. The van der Waals surface area contributed by atoms with Crippen LogP contribution in [0.5, 0.6) is 28.7 Å². The van der Waals surface area contributed by atoms with E-state index in [0.29, 0.717) is 69.8 Å². The molecule has 7 aromatic rings. The van der Waals surface area contributed by atoms with Gasteiger partial charge in [0.2, 0.25) is 5.91 Å². The van der Waals surface area contributed by atoms with Crippen molar-refractivity contribution in [1.29, 1.82) is 0 Å². The Hall–Kier alpha value is -9.97. The van der Waals surface area contributed by atoms with Crippen LogP contribution in [0.1, 0.15) is 163 Å². The van der Waals surface area contributed by atoms with E-state index in [0.717, 1.165) is 48.1 Å². The summed E-state index contributed by atoms with van der Waals surface area (Å²) in [5.74, 6) is -0.962. The maximum absolute atomic E-state index is 13.3. The Bertz CT molecular complexity index is 3490. The van der Waals surface area contributed by atoms with Crippen molar-refractivity contribution in [1.82, 2.24) is 9.80 Å². The number of esters is 3. The summed E-state index contributed by atoms with van der Waals surface area (Å²) < 4.78 is 33.4. The number of rotatable bonds is 32. The number of methoxy groups -OCH3 is 1. The van der Waals surface area contributed by atoms with Gasteiger partial charge in [-0.2, -0.15) is 0 Å². The van der Waals surface area contributed by atoms with Crippen molar-refractivity contribution in [2.24, 2.45) is 0 Å². The highest BCUT2D eigenvalue weighted by molar-refractivity contribution is 5.98. The zero-order valence-corrected chi connectivity index (χ0v) is 53.8. The van der Waals surface area contributed by atoms with Gasteiger partial charge in [-0.15, -0.1) is 0 Å². The largest absolute Gasteiger partial charge is 0.496 e. The van der Waals surface area contributed by atoms with E-state index in [4.69, 9.17) is 34.2 Å². The van der Waals surface area contributed by atoms with Crippen LogP contribution in [-0.2, 0) is 38.6 Å². The van der Waals surface area contributed by atoms with Crippen molar-refractivity contribution in [3.63, 3.8) is 0 Å². The molecule has 0 bridgehead atoms. The van der Waals surface area contributed by atoms with Crippen LogP contribution in [0.4, 0.5) is 11.4 Å². The summed E-state index contributed by atoms with van der Waals surface area (Å²) in [6.07, 6.45) is 11.7. The quantitative estimate of drug-likeness (QED) is 0.0154. The highest BCUT2D eigenvalue weighted by Crippen LogP contribution is 2.24. The number of ether oxygens (including phenoxy) is 6. The van der Waals surface area contributed by atoms with E-state index in [2.05, 4.69) is 19.2 Å². The van der Waals surface area contributed by atoms with Gasteiger partial charge in [0, 0.05) is 35.6 Å². The molecular formula is C74H86N4O14. The zero-order valence-electron chi connectivity index (χ0n) is 53.8. The van der Waals surface area contributed by atoms with E-state index in [1.54, 1.807) is 161 Å². The van der Waals surface area contributed by atoms with Crippen LogP contribution in [-0.4, -0.2) is 95.5 Å². The van der Waals surface area contributed by atoms with Gasteiger partial charge in [0.1, 0.15) is 47.4 Å². The van der Waals surface area contributed by atoms with Gasteiger partial charge in [0.25, 0.3) is 11.8 Å². The first-order valence-electron chi connectivity index (χ1n) is 31.2. The van der Waals surface area contributed by atoms with Crippen molar-refractivity contribution in [3.05, 3.63) is 208 Å². The molecule has 92 heavy (non-hydrogen) atoms. The lowest BCUT2D eigenvalue weighted by Crippen LogP contribution is -2.38. The van der Waals surface area contributed by atoms with Crippen LogP contribution in [0.2, 0.25) is 0 Å². The molecule has 0 heterocycles. The fourth-order valence-corrected chi connectivity index (χ4v) is 9.41. The Morgan fingerprint density at radius 1 is 0.500 bits per heavy atom. The van der Waals surface area contributed by atoms with Crippen LogP contribution in [0, 0.1) is 6.92 Å². The molecule has 0 fully saturated rings. The molecule has 0 saturated heterocycles. The van der Waals surface area contributed by atoms with Gasteiger partial charge in [-0.1, -0.05) is 102 Å². The van der Waals surface area contributed by atoms with Crippen molar-refractivity contribution < 1.29 is 67.1 Å². The van der Waals surface area contributed by atoms with E-state index in [1.807, 2.05) is 25.1 Å². The Kier molecular flexibility index (Phi) is 28.3. The molecule has 18 nitrogen and oxygen atoms in total. The lowest BCUT2D eigenvalue weighted by molar-refractivity contribution is -0.155. The summed E-state index contributed by atoms with van der Waals surface area (Å²) in [5.41, 5.74) is 10.7. The molecule has 0 saturated carbocycles. The SMILES string of the molecule is CCCCCCCOc1ccc(C(=O)Oc2ccc(CN(CC(=O)O)C(=O)c3ccc(NC(=O)Cc4ccc(C)c(OC)c4)cc3)cc2)cc1.CCCCCCCOc1ccc(C(=O)Oc2ccc(CN(CC(=O)OC(C)(C)C)C(=O)c3ccc(N)cc3)cc2)cc1. The number of nitrogens with zero attached hydrogens (tertiary/aromatic N) is 2. The maximum atomic E-state index is 13.3. The number of carboxylic acids is 1. The number of nitrogen functional groups attached to an aromatic ring is 1. The number of hydrogen-bond acceptors (Lipinski definition) is 14. The second-order valence-corrected chi connectivity index (χ2v) is 23.2. The monoisotopic (exact) mass is 1250 g/mol. The smallest absolute Gasteiger partial charge is 0.343 e. The lowest BCUT2D eigenvalue weighted by Gasteiger charge is -2.25. The number of aryl methyl sites for hydroxylation is 1. The number of carboxylic acid groups (broad SMARTS) is 1. The van der Waals surface area contributed by atoms with Gasteiger partial charge in [-0.3, -0.25) is 24.0 Å². The van der Waals surface area contributed by atoms with Gasteiger partial charge in [-0.05, 0) is 190 Å². The Morgan fingerprint density at radius 2 is 0.913 bits per heavy atom. The summed E-state index contributed by atoms with van der Waals surface area (Å²) in [6.45, 7) is 12.3. The first kappa shape index (κ1) is 71.1. The summed E-state index contributed by atoms with van der Waals surface area (Å²) >= 11 is 0. The molecule has 7 aromatic carbocycles. The first-order valence-corrected chi connectivity index (χ1v) is 31.2. The topological polar surface area (TPSA) is 240 Å². The van der Waals surface area contributed by atoms with Crippen LogP contribution < -0.4 is 34.7 Å². The average Bonchev–Trinajstić information content (AvgIpc) is 1.31. The van der Waals surface area contributed by atoms with Gasteiger partial charge < -0.3 is 54.4 Å². The summed E-state index contributed by atoms with van der Waals surface area (Å²) in [5, 5.41) is 12.3. The number of nitrogens with one attached hydrogen (secondary N) is 1. The van der Waals surface area contributed by atoms with E-state index < -0.39 is 41.9 Å². The summed E-state index contributed by atoms with van der Waals surface area (Å²) in [6, 6.07) is 45.4. The number of unbranched alkanes of at least 4 members (excludes halogenated alkanes) is 8. The fraction of sp³-hybridized carbons (Fsp3) is 0.338. The highest BCUT2D eigenvalue weighted by atomic mass is 16.6. The van der Waals surface area contributed by atoms with Crippen molar-refractivity contribution in [2.75, 3.05) is 44.5 Å². The third-order valence-electron chi connectivity index (χ3n) is 14.3. The lowest BCUT2D eigenvalue weighted by atomic mass is 10.1. The Labute approximate surface area is 539 Å². The van der Waals surface area contributed by atoms with Crippen molar-refractivity contribution >= 4 is 53.0 Å². The normalized spacial score (nSPS) is 10.8. The molecule has 18 heteroatoms. The van der Waals surface area contributed by atoms with Gasteiger partial charge in [0.05, 0.1) is 37.9 Å². The molecule has 3 amide bonds. The minimum absolute atomic E-state index is 0.0118. The predicted octanol–water partition coefficient (Wildman–Crippen LogP) is 14.3. The minimum Gasteiger partial charge on any atom is -0.496 e. The molecule has 0 unspecified atom stereocenters. The van der Waals surface area contributed by atoms with Crippen molar-refractivity contribution in [2.45, 2.75) is 131 Å². The molecule has 0 atom stereocenters. The number of carbonyl (C=O) groups is 7. The first-order chi connectivity index (χ1) is 44.2. The minimum atomic E-state index is -1.16. The third kappa shape index (κ3) is 24.8. The molecule has 0 radical (unpaired) electrons. The van der Waals surface area contributed by atoms with Gasteiger partial charge >= 0.3 is 23.9 Å². The molecule has 0 aliphatic carbocycles. The molecular weight excluding hydrogens is 1170 g/mol. The zero-order chi connectivity index (χ0) is 66.4. The molecule has 4 N–H and O–H groups in total. The Balaban J connectivity index is 0.000000297. The molecule has 486 valence electrons. The van der Waals surface area contributed by atoms with Crippen LogP contribution in [0.3, 0.4) is 0 Å².